The van der Waals surface area contributed by atoms with E-state index in [2.05, 4.69) is 17.1 Å². The summed E-state index contributed by atoms with van der Waals surface area (Å²) in [5.41, 5.74) is 3.96. The van der Waals surface area contributed by atoms with Crippen LogP contribution in [0.2, 0.25) is 0 Å². The number of amides is 1. The third-order valence-corrected chi connectivity index (χ3v) is 9.24. The molecule has 3 heterocycles. The molecule has 200 valence electrons. The first-order valence-electron chi connectivity index (χ1n) is 12.9. The Morgan fingerprint density at radius 2 is 1.95 bits per heavy atom. The number of benzene rings is 2. The summed E-state index contributed by atoms with van der Waals surface area (Å²) < 4.78 is 12.8. The number of rotatable bonds is 8. The molecule has 0 N–H and O–H groups in total. The number of thioether (sulfide) groups is 1. The fraction of sp³-hybridized carbons (Fsp3) is 0.310. The van der Waals surface area contributed by atoms with Crippen molar-refractivity contribution in [3.05, 3.63) is 70.9 Å². The van der Waals surface area contributed by atoms with Gasteiger partial charge in [0.2, 0.25) is 5.91 Å². The second-order valence-corrected chi connectivity index (χ2v) is 11.8. The quantitative estimate of drug-likeness (QED) is 0.222. The molecular weight excluding hydrogens is 530 g/mol. The predicted molar refractivity (Wildman–Crippen MR) is 155 cm³/mol. The van der Waals surface area contributed by atoms with Crippen molar-refractivity contribution < 1.29 is 14.3 Å². The maximum Gasteiger partial charge on any atom is 0.237 e. The molecule has 0 aliphatic heterocycles. The zero-order chi connectivity index (χ0) is 26.9. The van der Waals surface area contributed by atoms with Crippen LogP contribution in [0.5, 0.6) is 11.5 Å². The topological polar surface area (TPSA) is 81.9 Å². The number of fused-ring (bicyclic) bond motifs is 5. The molecule has 1 aliphatic rings. The molecule has 0 fully saturated rings. The fourth-order valence-corrected chi connectivity index (χ4v) is 7.24. The summed E-state index contributed by atoms with van der Waals surface area (Å²) in [6.07, 6.45) is 5.12. The molecule has 0 spiro atoms. The number of carbonyl (C=O) groups is 1. The van der Waals surface area contributed by atoms with E-state index in [1.807, 2.05) is 52.9 Å². The molecule has 5 aromatic rings. The van der Waals surface area contributed by atoms with Crippen molar-refractivity contribution >= 4 is 50.6 Å². The molecule has 2 aromatic carbocycles. The number of thiophene rings is 1. The number of anilines is 1. The minimum Gasteiger partial charge on any atom is -0.493 e. The molecular formula is C29H29N5O3S2. The average Bonchev–Trinajstić information content (AvgIpc) is 3.55. The van der Waals surface area contributed by atoms with Gasteiger partial charge in [0.05, 0.1) is 31.9 Å². The number of methoxy groups -OCH3 is 2. The molecule has 1 unspecified atom stereocenters. The van der Waals surface area contributed by atoms with Crippen molar-refractivity contribution in [2.45, 2.75) is 37.9 Å². The van der Waals surface area contributed by atoms with E-state index in [4.69, 9.17) is 14.5 Å². The minimum absolute atomic E-state index is 0.0336. The van der Waals surface area contributed by atoms with Gasteiger partial charge < -0.3 is 14.4 Å². The molecule has 0 saturated heterocycles. The Kier molecular flexibility index (Phi) is 7.14. The Hall–Kier alpha value is -3.63. The lowest BCUT2D eigenvalue weighted by molar-refractivity contribution is -0.116. The highest BCUT2D eigenvalue weighted by Gasteiger charge is 2.25. The molecule has 3 aromatic heterocycles. The second-order valence-electron chi connectivity index (χ2n) is 9.75. The molecule has 0 bridgehead atoms. The Bertz CT molecular complexity index is 1650. The minimum atomic E-state index is -0.0336. The molecule has 8 nitrogen and oxygen atoms in total. The summed E-state index contributed by atoms with van der Waals surface area (Å²) >= 11 is 3.15. The third-order valence-electron chi connectivity index (χ3n) is 7.15. The van der Waals surface area contributed by atoms with Gasteiger partial charge in [0.1, 0.15) is 11.2 Å². The SMILES string of the molecule is COc1ccc(CN(C(=O)CSc2nnc3c4c5c(sc4ncn23)CC(C)CC5)c2ccccc2)cc1OC. The summed E-state index contributed by atoms with van der Waals surface area (Å²) in [6, 6.07) is 15.4. The van der Waals surface area contributed by atoms with Crippen LogP contribution in [-0.4, -0.2) is 45.5 Å². The number of hydrogen-bond donors (Lipinski definition) is 0. The first kappa shape index (κ1) is 25.6. The van der Waals surface area contributed by atoms with Crippen LogP contribution in [0.1, 0.15) is 29.3 Å². The number of aryl methyl sites for hydroxylation is 1. The zero-order valence-corrected chi connectivity index (χ0v) is 23.7. The zero-order valence-electron chi connectivity index (χ0n) is 22.1. The van der Waals surface area contributed by atoms with Gasteiger partial charge in [-0.05, 0) is 60.6 Å². The smallest absolute Gasteiger partial charge is 0.237 e. The van der Waals surface area contributed by atoms with Gasteiger partial charge in [-0.1, -0.05) is 43.0 Å². The number of hydrogen-bond acceptors (Lipinski definition) is 8. The lowest BCUT2D eigenvalue weighted by Gasteiger charge is -2.23. The normalized spacial score (nSPS) is 14.9. The van der Waals surface area contributed by atoms with Gasteiger partial charge in [-0.3, -0.25) is 9.20 Å². The standard InChI is InChI=1S/C29H29N5O3S2/c1-18-9-11-21-24(13-18)39-28-26(21)27-31-32-29(34(27)17-30-28)38-16-25(35)33(20-7-5-4-6-8-20)15-19-10-12-22(36-2)23(14-19)37-3/h4-8,10,12,14,17-18H,9,11,13,15-16H2,1-3H3. The maximum atomic E-state index is 13.6. The van der Waals surface area contributed by atoms with Crippen LogP contribution in [0, 0.1) is 5.92 Å². The highest BCUT2D eigenvalue weighted by Crippen LogP contribution is 2.39. The number of para-hydroxylation sites is 1. The monoisotopic (exact) mass is 559 g/mol. The second kappa shape index (κ2) is 10.9. The van der Waals surface area contributed by atoms with Gasteiger partial charge in [0, 0.05) is 10.6 Å². The Morgan fingerprint density at radius 1 is 1.13 bits per heavy atom. The van der Waals surface area contributed by atoms with Gasteiger partial charge in [-0.2, -0.15) is 0 Å². The number of nitrogens with zero attached hydrogens (tertiary/aromatic N) is 5. The molecule has 0 radical (unpaired) electrons. The van der Waals surface area contributed by atoms with Crippen LogP contribution in [0.25, 0.3) is 15.9 Å². The first-order chi connectivity index (χ1) is 19.1. The van der Waals surface area contributed by atoms with Gasteiger partial charge in [-0.25, -0.2) is 4.98 Å². The maximum absolute atomic E-state index is 13.6. The largest absolute Gasteiger partial charge is 0.493 e. The van der Waals surface area contributed by atoms with E-state index >= 15 is 0 Å². The van der Waals surface area contributed by atoms with E-state index < -0.39 is 0 Å². The number of ether oxygens (including phenoxy) is 2. The summed E-state index contributed by atoms with van der Waals surface area (Å²) in [4.78, 5) is 22.6. The van der Waals surface area contributed by atoms with Crippen molar-refractivity contribution in [2.24, 2.45) is 5.92 Å². The van der Waals surface area contributed by atoms with Crippen LogP contribution >= 0.6 is 23.1 Å². The molecule has 39 heavy (non-hydrogen) atoms. The summed E-state index contributed by atoms with van der Waals surface area (Å²) in [6.45, 7) is 2.70. The van der Waals surface area contributed by atoms with E-state index in [1.165, 1.54) is 28.6 Å². The van der Waals surface area contributed by atoms with E-state index in [9.17, 15) is 4.79 Å². The average molecular weight is 560 g/mol. The fourth-order valence-electron chi connectivity index (χ4n) is 5.12. The summed E-state index contributed by atoms with van der Waals surface area (Å²) in [5.74, 6) is 2.15. The summed E-state index contributed by atoms with van der Waals surface area (Å²) in [7, 11) is 3.22. The van der Waals surface area contributed by atoms with Crippen LogP contribution in [-0.2, 0) is 24.2 Å². The van der Waals surface area contributed by atoms with Crippen LogP contribution < -0.4 is 14.4 Å². The van der Waals surface area contributed by atoms with E-state index in [0.717, 1.165) is 40.0 Å². The van der Waals surface area contributed by atoms with Crippen molar-refractivity contribution in [2.75, 3.05) is 24.9 Å². The van der Waals surface area contributed by atoms with Crippen molar-refractivity contribution in [1.29, 1.82) is 0 Å². The van der Waals surface area contributed by atoms with Crippen molar-refractivity contribution in [1.82, 2.24) is 19.6 Å². The van der Waals surface area contributed by atoms with E-state index in [0.29, 0.717) is 29.1 Å². The van der Waals surface area contributed by atoms with Crippen LogP contribution in [0.15, 0.2) is 60.0 Å². The van der Waals surface area contributed by atoms with E-state index in [-0.39, 0.29) is 11.7 Å². The molecule has 1 amide bonds. The Morgan fingerprint density at radius 3 is 2.74 bits per heavy atom. The molecule has 1 aliphatic carbocycles. The Labute approximate surface area is 235 Å². The van der Waals surface area contributed by atoms with Gasteiger partial charge in [0.15, 0.2) is 22.3 Å². The lowest BCUT2D eigenvalue weighted by Crippen LogP contribution is -2.32. The highest BCUT2D eigenvalue weighted by molar-refractivity contribution is 7.99. The molecule has 10 heteroatoms. The van der Waals surface area contributed by atoms with Crippen LogP contribution in [0.3, 0.4) is 0 Å². The van der Waals surface area contributed by atoms with E-state index in [1.54, 1.807) is 36.8 Å². The molecule has 1 atom stereocenters. The molecule has 6 rings (SSSR count). The third kappa shape index (κ3) is 4.94. The number of aromatic nitrogens is 4. The van der Waals surface area contributed by atoms with Crippen molar-refractivity contribution in [3.8, 4) is 11.5 Å². The predicted octanol–water partition coefficient (Wildman–Crippen LogP) is 5.81. The Balaban J connectivity index is 1.26. The van der Waals surface area contributed by atoms with Gasteiger partial charge >= 0.3 is 0 Å². The molecule has 0 saturated carbocycles. The van der Waals surface area contributed by atoms with Gasteiger partial charge in [0.25, 0.3) is 0 Å². The first-order valence-corrected chi connectivity index (χ1v) is 14.7. The van der Waals surface area contributed by atoms with Crippen molar-refractivity contribution in [3.63, 3.8) is 0 Å². The highest BCUT2D eigenvalue weighted by atomic mass is 32.2. The number of carbonyl (C=O) groups excluding carboxylic acids is 1. The van der Waals surface area contributed by atoms with Gasteiger partial charge in [-0.15, -0.1) is 21.5 Å². The summed E-state index contributed by atoms with van der Waals surface area (Å²) in [5, 5.41) is 10.8. The lowest BCUT2D eigenvalue weighted by atomic mass is 9.89. The van der Waals surface area contributed by atoms with Crippen LogP contribution in [0.4, 0.5) is 5.69 Å².